The van der Waals surface area contributed by atoms with Crippen molar-refractivity contribution < 1.29 is 61.3 Å². The Morgan fingerprint density at radius 2 is 1.04 bits per heavy atom. The second kappa shape index (κ2) is 8.33. The Bertz CT molecular complexity index is 517. The summed E-state index contributed by atoms with van der Waals surface area (Å²) in [5, 5.41) is 53.5. The van der Waals surface area contributed by atoms with Crippen LogP contribution in [0.15, 0.2) is 48.6 Å². The first kappa shape index (κ1) is 21.4. The molecule has 9 heteroatoms. The minimum atomic E-state index is -2.16. The summed E-state index contributed by atoms with van der Waals surface area (Å²) in [4.78, 5) is 20.8. The summed E-state index contributed by atoms with van der Waals surface area (Å²) >= 11 is 0. The summed E-state index contributed by atoms with van der Waals surface area (Å²) in [5.41, 5.74) is -4.32. The largest absolute Gasteiger partial charge is 0.479 e. The predicted molar refractivity (Wildman–Crippen MR) is 73.7 cm³/mol. The monoisotopic (exact) mass is 507 g/mol. The van der Waals surface area contributed by atoms with Gasteiger partial charge in [0.05, 0.1) is 0 Å². The maximum absolute atomic E-state index is 10.4. The van der Waals surface area contributed by atoms with Crippen LogP contribution >= 0.6 is 0 Å². The molecule has 130 valence electrons. The van der Waals surface area contributed by atoms with Crippen LogP contribution in [0.1, 0.15) is 0 Å². The summed E-state index contributed by atoms with van der Waals surface area (Å²) in [5.74, 6) is -2.91. The van der Waals surface area contributed by atoms with Crippen molar-refractivity contribution in [3.63, 3.8) is 0 Å². The minimum absolute atomic E-state index is 0. The Morgan fingerprint density at radius 3 is 1.22 bits per heavy atom. The molecular formula is C14H16O8Pt. The zero-order chi connectivity index (χ0) is 17.0. The number of hydrogen-bond acceptors (Lipinski definition) is 6. The van der Waals surface area contributed by atoms with E-state index < -0.39 is 35.3 Å². The molecule has 0 aliphatic heterocycles. The molecule has 0 saturated heterocycles. The fourth-order valence-electron chi connectivity index (χ4n) is 1.63. The fourth-order valence-corrected chi connectivity index (χ4v) is 1.63. The molecule has 0 aromatic carbocycles. The van der Waals surface area contributed by atoms with Gasteiger partial charge in [-0.05, 0) is 12.2 Å². The van der Waals surface area contributed by atoms with Gasteiger partial charge in [0, 0.05) is 21.1 Å². The van der Waals surface area contributed by atoms with E-state index in [0.717, 1.165) is 12.2 Å². The SMILES string of the molecule is O=C(O)C1(O)C=CC=CC1O.O=C(O)C1(O)C=CC=CC1O.[Pt]. The van der Waals surface area contributed by atoms with Crippen molar-refractivity contribution in [1.29, 1.82) is 0 Å². The van der Waals surface area contributed by atoms with E-state index in [9.17, 15) is 19.8 Å². The van der Waals surface area contributed by atoms with Crippen LogP contribution in [-0.4, -0.2) is 66.0 Å². The van der Waals surface area contributed by atoms with Crippen LogP contribution < -0.4 is 0 Å². The van der Waals surface area contributed by atoms with E-state index in [0.29, 0.717) is 0 Å². The van der Waals surface area contributed by atoms with Gasteiger partial charge >= 0.3 is 11.9 Å². The number of rotatable bonds is 2. The minimum Gasteiger partial charge on any atom is -0.479 e. The molecule has 2 rings (SSSR count). The first-order chi connectivity index (χ1) is 10.1. The summed E-state index contributed by atoms with van der Waals surface area (Å²) in [6.07, 6.45) is 7.48. The van der Waals surface area contributed by atoms with Crippen LogP contribution in [0.5, 0.6) is 0 Å². The smallest absolute Gasteiger partial charge is 0.342 e. The third-order valence-electron chi connectivity index (χ3n) is 3.10. The molecule has 2 aliphatic carbocycles. The van der Waals surface area contributed by atoms with E-state index in [1.165, 1.54) is 36.5 Å². The average molecular weight is 507 g/mol. The van der Waals surface area contributed by atoms with Crippen molar-refractivity contribution in [2.24, 2.45) is 0 Å². The first-order valence-electron chi connectivity index (χ1n) is 6.14. The van der Waals surface area contributed by atoms with Gasteiger partial charge in [0.25, 0.3) is 0 Å². The van der Waals surface area contributed by atoms with Crippen molar-refractivity contribution in [3.05, 3.63) is 48.6 Å². The van der Waals surface area contributed by atoms with Crippen LogP contribution in [0.25, 0.3) is 0 Å². The Hall–Kier alpha value is -1.57. The summed E-state index contributed by atoms with van der Waals surface area (Å²) in [6.45, 7) is 0. The van der Waals surface area contributed by atoms with E-state index in [-0.39, 0.29) is 21.1 Å². The van der Waals surface area contributed by atoms with Gasteiger partial charge in [0.2, 0.25) is 11.2 Å². The molecule has 0 radical (unpaired) electrons. The number of allylic oxidation sites excluding steroid dienone is 4. The van der Waals surface area contributed by atoms with Crippen LogP contribution in [0.3, 0.4) is 0 Å². The van der Waals surface area contributed by atoms with Gasteiger partial charge in [0.15, 0.2) is 0 Å². The molecule has 0 aromatic heterocycles. The van der Waals surface area contributed by atoms with Crippen molar-refractivity contribution >= 4 is 11.9 Å². The molecule has 0 bridgehead atoms. The van der Waals surface area contributed by atoms with Crippen LogP contribution in [0.4, 0.5) is 0 Å². The van der Waals surface area contributed by atoms with Crippen LogP contribution in [0.2, 0.25) is 0 Å². The summed E-state index contributed by atoms with van der Waals surface area (Å²) in [7, 11) is 0. The van der Waals surface area contributed by atoms with E-state index >= 15 is 0 Å². The summed E-state index contributed by atoms with van der Waals surface area (Å²) < 4.78 is 0. The van der Waals surface area contributed by atoms with E-state index in [4.69, 9.17) is 20.4 Å². The molecule has 0 heterocycles. The number of carboxylic acids is 2. The summed E-state index contributed by atoms with van der Waals surface area (Å²) in [6, 6.07) is 0. The van der Waals surface area contributed by atoms with Gasteiger partial charge in [-0.1, -0.05) is 36.5 Å². The van der Waals surface area contributed by atoms with E-state index in [1.54, 1.807) is 0 Å². The number of aliphatic carboxylic acids is 2. The average Bonchev–Trinajstić information content (AvgIpc) is 2.46. The standard InChI is InChI=1S/2C7H8O4.Pt/c2*8-5-3-1-2-4-7(5,11)6(9)10;/h2*1-5,8,11H,(H,9,10);. The van der Waals surface area contributed by atoms with Crippen molar-refractivity contribution in [3.8, 4) is 0 Å². The first-order valence-corrected chi connectivity index (χ1v) is 6.14. The third-order valence-corrected chi connectivity index (χ3v) is 3.10. The van der Waals surface area contributed by atoms with Crippen molar-refractivity contribution in [2.45, 2.75) is 23.4 Å². The van der Waals surface area contributed by atoms with Crippen molar-refractivity contribution in [2.75, 3.05) is 0 Å². The van der Waals surface area contributed by atoms with Gasteiger partial charge < -0.3 is 30.6 Å². The number of aliphatic hydroxyl groups excluding tert-OH is 2. The van der Waals surface area contributed by atoms with Crippen LogP contribution in [-0.2, 0) is 30.7 Å². The zero-order valence-electron chi connectivity index (χ0n) is 11.6. The Labute approximate surface area is 145 Å². The normalized spacial score (nSPS) is 34.1. The van der Waals surface area contributed by atoms with Gasteiger partial charge in [-0.15, -0.1) is 0 Å². The molecule has 2 aliphatic rings. The molecular weight excluding hydrogens is 491 g/mol. The molecule has 6 N–H and O–H groups in total. The maximum atomic E-state index is 10.4. The molecule has 0 saturated carbocycles. The molecule has 0 spiro atoms. The topological polar surface area (TPSA) is 156 Å². The van der Waals surface area contributed by atoms with Gasteiger partial charge in [0.1, 0.15) is 12.2 Å². The molecule has 23 heavy (non-hydrogen) atoms. The number of carboxylic acid groups (broad SMARTS) is 2. The molecule has 0 aromatic rings. The van der Waals surface area contributed by atoms with Gasteiger partial charge in [-0.25, -0.2) is 9.59 Å². The van der Waals surface area contributed by atoms with Gasteiger partial charge in [-0.2, -0.15) is 0 Å². The zero-order valence-corrected chi connectivity index (χ0v) is 13.9. The number of hydrogen-bond donors (Lipinski definition) is 6. The Morgan fingerprint density at radius 1 is 0.739 bits per heavy atom. The second-order valence-electron chi connectivity index (χ2n) is 4.64. The molecule has 0 fully saturated rings. The molecule has 8 nitrogen and oxygen atoms in total. The fraction of sp³-hybridized carbons (Fsp3) is 0.286. The van der Waals surface area contributed by atoms with Crippen LogP contribution in [0, 0.1) is 0 Å². The molecule has 0 amide bonds. The number of carbonyl (C=O) groups is 2. The van der Waals surface area contributed by atoms with Crippen molar-refractivity contribution in [1.82, 2.24) is 0 Å². The second-order valence-corrected chi connectivity index (χ2v) is 4.64. The Kier molecular flexibility index (Phi) is 7.76. The maximum Gasteiger partial charge on any atom is 0.342 e. The third kappa shape index (κ3) is 4.70. The molecule has 4 unspecified atom stereocenters. The van der Waals surface area contributed by atoms with Gasteiger partial charge in [-0.3, -0.25) is 0 Å². The van der Waals surface area contributed by atoms with E-state index in [2.05, 4.69) is 0 Å². The quantitative estimate of drug-likeness (QED) is 0.266. The molecule has 4 atom stereocenters. The number of aliphatic hydroxyl groups is 4. The Balaban J connectivity index is 0.000000403. The predicted octanol–water partition coefficient (Wildman–Crippen LogP) is -1.42. The van der Waals surface area contributed by atoms with E-state index in [1.807, 2.05) is 0 Å².